The molecule has 1 aromatic heterocycles. The zero-order valence-corrected chi connectivity index (χ0v) is 11.0. The monoisotopic (exact) mass is 262 g/mol. The van der Waals surface area contributed by atoms with Crippen LogP contribution in [0.15, 0.2) is 23.5 Å². The van der Waals surface area contributed by atoms with Crippen molar-refractivity contribution in [1.82, 2.24) is 4.98 Å². The quantitative estimate of drug-likeness (QED) is 0.622. The number of nitrogens with zero attached hydrogens (tertiary/aromatic N) is 2. The summed E-state index contributed by atoms with van der Waals surface area (Å²) in [6.45, 7) is 3.28. The maximum atomic E-state index is 9.19. The van der Waals surface area contributed by atoms with Crippen LogP contribution < -0.4 is 0 Å². The summed E-state index contributed by atoms with van der Waals surface area (Å²) in [5.41, 5.74) is 2.79. The lowest BCUT2D eigenvalue weighted by Crippen LogP contribution is -2.39. The van der Waals surface area contributed by atoms with E-state index in [2.05, 4.69) is 10.1 Å². The SMILES string of the molecule is Cc1ccc(C2CC3(CC/C2=N\O)OCCO3)nc1. The fourth-order valence-electron chi connectivity index (χ4n) is 2.86. The average Bonchev–Trinajstić information content (AvgIpc) is 2.88. The summed E-state index contributed by atoms with van der Waals surface area (Å²) in [7, 11) is 0. The molecule has 2 fully saturated rings. The number of pyridine rings is 1. The molecule has 0 bridgehead atoms. The Balaban J connectivity index is 1.89. The highest BCUT2D eigenvalue weighted by Crippen LogP contribution is 2.41. The van der Waals surface area contributed by atoms with E-state index in [0.717, 1.165) is 23.4 Å². The predicted octanol–water partition coefficient (Wildman–Crippen LogP) is 2.23. The molecule has 1 saturated carbocycles. The summed E-state index contributed by atoms with van der Waals surface area (Å²) >= 11 is 0. The third-order valence-corrected chi connectivity index (χ3v) is 3.91. The summed E-state index contributed by atoms with van der Waals surface area (Å²) in [6, 6.07) is 4.01. The molecule has 2 aliphatic rings. The Morgan fingerprint density at radius 1 is 1.37 bits per heavy atom. The van der Waals surface area contributed by atoms with Gasteiger partial charge in [0.05, 0.1) is 18.9 Å². The minimum absolute atomic E-state index is 0.0301. The summed E-state index contributed by atoms with van der Waals surface area (Å²) in [5, 5.41) is 12.6. The second-order valence-corrected chi connectivity index (χ2v) is 5.22. The smallest absolute Gasteiger partial charge is 0.169 e. The molecule has 5 heteroatoms. The van der Waals surface area contributed by atoms with Crippen molar-refractivity contribution in [2.24, 2.45) is 5.16 Å². The lowest BCUT2D eigenvalue weighted by atomic mass is 9.81. The summed E-state index contributed by atoms with van der Waals surface area (Å²) < 4.78 is 11.5. The Morgan fingerprint density at radius 3 is 2.79 bits per heavy atom. The van der Waals surface area contributed by atoms with Crippen molar-refractivity contribution in [2.75, 3.05) is 13.2 Å². The Hall–Kier alpha value is -1.46. The highest BCUT2D eigenvalue weighted by atomic mass is 16.7. The van der Waals surface area contributed by atoms with E-state index in [1.807, 2.05) is 25.3 Å². The Morgan fingerprint density at radius 2 is 2.16 bits per heavy atom. The highest BCUT2D eigenvalue weighted by molar-refractivity contribution is 5.91. The second kappa shape index (κ2) is 4.90. The third-order valence-electron chi connectivity index (χ3n) is 3.91. The standard InChI is InChI=1S/C14H18N2O3/c1-10-2-3-12(15-9-10)11-8-14(18-6-7-19-14)5-4-13(11)16-17/h2-3,9,11,17H,4-8H2,1H3/b16-13+. The molecule has 1 aliphatic heterocycles. The van der Waals surface area contributed by atoms with Crippen LogP contribution in [-0.2, 0) is 9.47 Å². The van der Waals surface area contributed by atoms with Crippen molar-refractivity contribution in [3.05, 3.63) is 29.6 Å². The van der Waals surface area contributed by atoms with Gasteiger partial charge in [-0.25, -0.2) is 0 Å². The van der Waals surface area contributed by atoms with Gasteiger partial charge in [-0.2, -0.15) is 0 Å². The number of aromatic nitrogens is 1. The van der Waals surface area contributed by atoms with Crippen molar-refractivity contribution >= 4 is 5.71 Å². The second-order valence-electron chi connectivity index (χ2n) is 5.22. The molecule has 102 valence electrons. The summed E-state index contributed by atoms with van der Waals surface area (Å²) in [6.07, 6.45) is 3.93. The van der Waals surface area contributed by atoms with Crippen molar-refractivity contribution < 1.29 is 14.7 Å². The van der Waals surface area contributed by atoms with Crippen LogP contribution in [0.5, 0.6) is 0 Å². The molecule has 19 heavy (non-hydrogen) atoms. The first kappa shape index (κ1) is 12.6. The highest BCUT2D eigenvalue weighted by Gasteiger charge is 2.44. The molecule has 1 aliphatic carbocycles. The minimum Gasteiger partial charge on any atom is -0.411 e. The molecule has 3 rings (SSSR count). The van der Waals surface area contributed by atoms with Crippen LogP contribution >= 0.6 is 0 Å². The largest absolute Gasteiger partial charge is 0.411 e. The first-order valence-corrected chi connectivity index (χ1v) is 6.64. The third kappa shape index (κ3) is 2.35. The number of aryl methyl sites for hydroxylation is 1. The Kier molecular flexibility index (Phi) is 3.24. The van der Waals surface area contributed by atoms with Gasteiger partial charge in [0.1, 0.15) is 0 Å². The van der Waals surface area contributed by atoms with Gasteiger partial charge in [-0.1, -0.05) is 11.2 Å². The van der Waals surface area contributed by atoms with E-state index in [4.69, 9.17) is 9.47 Å². The lowest BCUT2D eigenvalue weighted by Gasteiger charge is -2.36. The molecule has 0 amide bonds. The maximum absolute atomic E-state index is 9.19. The van der Waals surface area contributed by atoms with E-state index in [1.54, 1.807) is 0 Å². The minimum atomic E-state index is -0.509. The molecule has 1 atom stereocenters. The van der Waals surface area contributed by atoms with E-state index < -0.39 is 5.79 Å². The summed E-state index contributed by atoms with van der Waals surface area (Å²) in [4.78, 5) is 4.45. The summed E-state index contributed by atoms with van der Waals surface area (Å²) in [5.74, 6) is -0.539. The molecule has 1 saturated heterocycles. The number of oxime groups is 1. The predicted molar refractivity (Wildman–Crippen MR) is 69.4 cm³/mol. The zero-order valence-electron chi connectivity index (χ0n) is 11.0. The van der Waals surface area contributed by atoms with Gasteiger partial charge in [-0.05, 0) is 25.0 Å². The van der Waals surface area contributed by atoms with Gasteiger partial charge in [0.15, 0.2) is 5.79 Å². The van der Waals surface area contributed by atoms with E-state index in [-0.39, 0.29) is 5.92 Å². The van der Waals surface area contributed by atoms with Gasteiger partial charge in [-0.3, -0.25) is 4.98 Å². The number of hydrogen-bond acceptors (Lipinski definition) is 5. The molecule has 0 aromatic carbocycles. The topological polar surface area (TPSA) is 63.9 Å². The van der Waals surface area contributed by atoms with Gasteiger partial charge in [0.2, 0.25) is 0 Å². The molecule has 1 unspecified atom stereocenters. The van der Waals surface area contributed by atoms with Crippen LogP contribution in [-0.4, -0.2) is 34.9 Å². The van der Waals surface area contributed by atoms with Crippen LogP contribution in [0.2, 0.25) is 0 Å². The van der Waals surface area contributed by atoms with E-state index >= 15 is 0 Å². The fourth-order valence-corrected chi connectivity index (χ4v) is 2.86. The van der Waals surface area contributed by atoms with Gasteiger partial charge in [0, 0.05) is 30.7 Å². The average molecular weight is 262 g/mol. The van der Waals surface area contributed by atoms with Crippen LogP contribution in [0.4, 0.5) is 0 Å². The van der Waals surface area contributed by atoms with Gasteiger partial charge >= 0.3 is 0 Å². The number of hydrogen-bond donors (Lipinski definition) is 1. The normalized spacial score (nSPS) is 28.1. The van der Waals surface area contributed by atoms with E-state index in [0.29, 0.717) is 26.1 Å². The van der Waals surface area contributed by atoms with Gasteiger partial charge in [0.25, 0.3) is 0 Å². The molecule has 1 aromatic rings. The molecule has 1 N–H and O–H groups in total. The van der Waals surface area contributed by atoms with Crippen LogP contribution in [0, 0.1) is 6.92 Å². The first-order valence-electron chi connectivity index (χ1n) is 6.64. The van der Waals surface area contributed by atoms with Gasteiger partial charge < -0.3 is 14.7 Å². The van der Waals surface area contributed by atoms with E-state index in [1.165, 1.54) is 0 Å². The van der Waals surface area contributed by atoms with Crippen molar-refractivity contribution in [3.8, 4) is 0 Å². The molecular formula is C14H18N2O3. The molecule has 0 radical (unpaired) electrons. The van der Waals surface area contributed by atoms with Crippen molar-refractivity contribution in [1.29, 1.82) is 0 Å². The van der Waals surface area contributed by atoms with Crippen LogP contribution in [0.3, 0.4) is 0 Å². The molecule has 2 heterocycles. The zero-order chi connectivity index (χ0) is 13.3. The molecular weight excluding hydrogens is 244 g/mol. The van der Waals surface area contributed by atoms with Crippen molar-refractivity contribution in [2.45, 2.75) is 37.9 Å². The van der Waals surface area contributed by atoms with E-state index in [9.17, 15) is 5.21 Å². The lowest BCUT2D eigenvalue weighted by molar-refractivity contribution is -0.170. The van der Waals surface area contributed by atoms with Crippen LogP contribution in [0.1, 0.15) is 36.4 Å². The maximum Gasteiger partial charge on any atom is 0.169 e. The Labute approximate surface area is 112 Å². The first-order chi connectivity index (χ1) is 9.22. The fraction of sp³-hybridized carbons (Fsp3) is 0.571. The Bertz CT molecular complexity index is 478. The molecule has 5 nitrogen and oxygen atoms in total. The van der Waals surface area contributed by atoms with Crippen LogP contribution in [0.25, 0.3) is 0 Å². The number of rotatable bonds is 1. The van der Waals surface area contributed by atoms with Crippen molar-refractivity contribution in [3.63, 3.8) is 0 Å². The molecule has 1 spiro atoms. The van der Waals surface area contributed by atoms with Gasteiger partial charge in [-0.15, -0.1) is 0 Å². The number of ether oxygens (including phenoxy) is 2.